The summed E-state index contributed by atoms with van der Waals surface area (Å²) in [7, 11) is -4.50. The molecule has 0 saturated carbocycles. The van der Waals surface area contributed by atoms with Crippen LogP contribution in [0.1, 0.15) is 71.6 Å². The highest BCUT2D eigenvalue weighted by Crippen LogP contribution is 2.16. The third-order valence-corrected chi connectivity index (χ3v) is 3.57. The van der Waals surface area contributed by atoms with Gasteiger partial charge in [-0.25, -0.2) is 8.42 Å². The summed E-state index contributed by atoms with van der Waals surface area (Å²) in [4.78, 5) is 0. The van der Waals surface area contributed by atoms with E-state index in [9.17, 15) is 13.0 Å². The predicted molar refractivity (Wildman–Crippen MR) is 72.0 cm³/mol. The van der Waals surface area contributed by atoms with Gasteiger partial charge in [-0.05, 0) is 12.3 Å². The highest BCUT2D eigenvalue weighted by molar-refractivity contribution is 7.80. The predicted octanol–water partition coefficient (Wildman–Crippen LogP) is 3.63. The smallest absolute Gasteiger partial charge is 0.217 e. The molecule has 0 radical (unpaired) electrons. The van der Waals surface area contributed by atoms with Gasteiger partial charge in [-0.15, -0.1) is 0 Å². The summed E-state index contributed by atoms with van der Waals surface area (Å²) >= 11 is 0. The fourth-order valence-corrected chi connectivity index (χ4v) is 2.32. The van der Waals surface area contributed by atoms with Crippen LogP contribution in [0.3, 0.4) is 0 Å². The molecule has 0 rings (SSSR count). The van der Waals surface area contributed by atoms with Crippen LogP contribution in [0.4, 0.5) is 0 Å². The van der Waals surface area contributed by atoms with Crippen LogP contribution in [0.15, 0.2) is 0 Å². The van der Waals surface area contributed by atoms with Gasteiger partial charge in [-0.1, -0.05) is 65.2 Å². The second kappa shape index (κ2) is 10.8. The van der Waals surface area contributed by atoms with Gasteiger partial charge in [0.1, 0.15) is 0 Å². The van der Waals surface area contributed by atoms with Crippen molar-refractivity contribution in [1.82, 2.24) is 0 Å². The van der Waals surface area contributed by atoms with Crippen molar-refractivity contribution < 1.29 is 17.2 Å². The third kappa shape index (κ3) is 13.9. The minimum Gasteiger partial charge on any atom is -0.726 e. The van der Waals surface area contributed by atoms with Gasteiger partial charge in [0.05, 0.1) is 6.61 Å². The van der Waals surface area contributed by atoms with E-state index in [-0.39, 0.29) is 6.61 Å². The van der Waals surface area contributed by atoms with E-state index in [1.165, 1.54) is 38.5 Å². The Kier molecular flexibility index (Phi) is 10.7. The highest BCUT2D eigenvalue weighted by Gasteiger charge is 2.02. The molecule has 0 bridgehead atoms. The summed E-state index contributed by atoms with van der Waals surface area (Å²) in [5.74, 6) is 0.676. The minimum absolute atomic E-state index is 0.0229. The second-order valence-electron chi connectivity index (χ2n) is 5.03. The molecule has 0 fully saturated rings. The van der Waals surface area contributed by atoms with Gasteiger partial charge in [0.25, 0.3) is 0 Å². The largest absolute Gasteiger partial charge is 0.726 e. The Hall–Kier alpha value is -0.130. The lowest BCUT2D eigenvalue weighted by Crippen LogP contribution is -2.05. The lowest BCUT2D eigenvalue weighted by Gasteiger charge is -2.11. The zero-order valence-electron chi connectivity index (χ0n) is 11.7. The molecule has 0 aromatic rings. The summed E-state index contributed by atoms with van der Waals surface area (Å²) < 4.78 is 34.7. The van der Waals surface area contributed by atoms with Crippen LogP contribution in [0, 0.1) is 5.92 Å². The van der Waals surface area contributed by atoms with Crippen molar-refractivity contribution in [1.29, 1.82) is 0 Å². The van der Waals surface area contributed by atoms with E-state index in [0.717, 1.165) is 12.8 Å². The van der Waals surface area contributed by atoms with Crippen molar-refractivity contribution in [3.63, 3.8) is 0 Å². The van der Waals surface area contributed by atoms with Crippen LogP contribution >= 0.6 is 0 Å². The van der Waals surface area contributed by atoms with E-state index in [1.807, 2.05) is 0 Å². The van der Waals surface area contributed by atoms with E-state index in [4.69, 9.17) is 0 Å². The Labute approximate surface area is 112 Å². The average molecular weight is 279 g/mol. The molecule has 5 heteroatoms. The molecule has 0 spiro atoms. The van der Waals surface area contributed by atoms with Crippen LogP contribution in [0.25, 0.3) is 0 Å². The maximum Gasteiger partial charge on any atom is 0.217 e. The standard InChI is InChI=1S/C13H28O4S/c1-3-4-5-6-7-10-13(2)11-8-9-12-17-18(14,15)16/h13H,3-12H2,1-2H3,(H,14,15,16)/p-1. The van der Waals surface area contributed by atoms with Crippen molar-refractivity contribution in [2.45, 2.75) is 71.6 Å². The van der Waals surface area contributed by atoms with Gasteiger partial charge in [0.2, 0.25) is 10.4 Å². The Morgan fingerprint density at radius 2 is 1.56 bits per heavy atom. The quantitative estimate of drug-likeness (QED) is 0.311. The molecule has 0 aliphatic carbocycles. The molecule has 0 aromatic heterocycles. The van der Waals surface area contributed by atoms with Crippen LogP contribution in [-0.4, -0.2) is 19.6 Å². The molecule has 1 atom stereocenters. The number of unbranched alkanes of at least 4 members (excludes halogenated alkanes) is 5. The Balaban J connectivity index is 3.29. The molecule has 1 unspecified atom stereocenters. The zero-order valence-corrected chi connectivity index (χ0v) is 12.5. The molecule has 0 aliphatic rings. The van der Waals surface area contributed by atoms with Crippen molar-refractivity contribution in [2.75, 3.05) is 6.61 Å². The summed E-state index contributed by atoms with van der Waals surface area (Å²) in [5, 5.41) is 0. The average Bonchev–Trinajstić information content (AvgIpc) is 2.27. The van der Waals surface area contributed by atoms with E-state index in [2.05, 4.69) is 18.0 Å². The van der Waals surface area contributed by atoms with Crippen LogP contribution in [-0.2, 0) is 14.6 Å². The molecule has 18 heavy (non-hydrogen) atoms. The summed E-state index contributed by atoms with van der Waals surface area (Å²) in [5.41, 5.74) is 0. The van der Waals surface area contributed by atoms with E-state index in [0.29, 0.717) is 12.3 Å². The molecule has 0 N–H and O–H groups in total. The maximum absolute atomic E-state index is 10.2. The second-order valence-corrected chi connectivity index (χ2v) is 6.09. The first kappa shape index (κ1) is 17.9. The summed E-state index contributed by atoms with van der Waals surface area (Å²) in [6.45, 7) is 4.47. The van der Waals surface area contributed by atoms with Gasteiger partial charge in [0, 0.05) is 0 Å². The first-order valence-electron chi connectivity index (χ1n) is 7.06. The normalized spacial score (nSPS) is 13.7. The molecule has 110 valence electrons. The van der Waals surface area contributed by atoms with Gasteiger partial charge in [-0.2, -0.15) is 0 Å². The lowest BCUT2D eigenvalue weighted by atomic mass is 9.97. The Bertz CT molecular complexity index is 275. The molecule has 0 amide bonds. The molecule has 0 saturated heterocycles. The zero-order chi connectivity index (χ0) is 13.9. The van der Waals surface area contributed by atoms with Crippen molar-refractivity contribution in [3.8, 4) is 0 Å². The number of hydrogen-bond acceptors (Lipinski definition) is 4. The Morgan fingerprint density at radius 1 is 1.00 bits per heavy atom. The number of hydrogen-bond donors (Lipinski definition) is 0. The van der Waals surface area contributed by atoms with E-state index >= 15 is 0 Å². The van der Waals surface area contributed by atoms with Crippen LogP contribution < -0.4 is 0 Å². The first-order valence-corrected chi connectivity index (χ1v) is 8.39. The fraction of sp³-hybridized carbons (Fsp3) is 1.00. The molecule has 0 aliphatic heterocycles. The lowest BCUT2D eigenvalue weighted by molar-refractivity contribution is 0.252. The molecular weight excluding hydrogens is 252 g/mol. The molecule has 0 heterocycles. The van der Waals surface area contributed by atoms with Gasteiger partial charge < -0.3 is 4.55 Å². The monoisotopic (exact) mass is 279 g/mol. The Morgan fingerprint density at radius 3 is 2.11 bits per heavy atom. The van der Waals surface area contributed by atoms with E-state index < -0.39 is 10.4 Å². The topological polar surface area (TPSA) is 66.4 Å². The van der Waals surface area contributed by atoms with Crippen LogP contribution in [0.5, 0.6) is 0 Å². The SMILES string of the molecule is CCCCCCCC(C)CCCCOS(=O)(=O)[O-]. The van der Waals surface area contributed by atoms with Gasteiger partial charge in [0.15, 0.2) is 0 Å². The fourth-order valence-electron chi connectivity index (χ4n) is 2.00. The van der Waals surface area contributed by atoms with Crippen molar-refractivity contribution >= 4 is 10.4 Å². The first-order chi connectivity index (χ1) is 8.45. The van der Waals surface area contributed by atoms with Crippen molar-refractivity contribution in [3.05, 3.63) is 0 Å². The maximum atomic E-state index is 10.2. The minimum atomic E-state index is -4.50. The molecular formula is C13H27O4S-. The van der Waals surface area contributed by atoms with Gasteiger partial charge in [-0.3, -0.25) is 4.18 Å². The summed E-state index contributed by atoms with van der Waals surface area (Å²) in [6, 6.07) is 0. The molecule has 4 nitrogen and oxygen atoms in total. The van der Waals surface area contributed by atoms with Crippen molar-refractivity contribution in [2.24, 2.45) is 5.92 Å². The van der Waals surface area contributed by atoms with Crippen LogP contribution in [0.2, 0.25) is 0 Å². The summed E-state index contributed by atoms with van der Waals surface area (Å²) in [6.07, 6.45) is 10.4. The van der Waals surface area contributed by atoms with E-state index in [1.54, 1.807) is 0 Å². The number of rotatable bonds is 12. The third-order valence-electron chi connectivity index (χ3n) is 3.12. The van der Waals surface area contributed by atoms with Gasteiger partial charge >= 0.3 is 0 Å². The highest BCUT2D eigenvalue weighted by atomic mass is 32.3. The molecule has 0 aromatic carbocycles.